The fraction of sp³-hybridized carbons (Fsp3) is 0.519. The molecular formula is C27H32N2O4. The number of fused-ring (bicyclic) bond motifs is 2. The van der Waals surface area contributed by atoms with E-state index in [2.05, 4.69) is 5.32 Å². The van der Waals surface area contributed by atoms with Gasteiger partial charge in [-0.05, 0) is 35.1 Å². The molecule has 2 amide bonds. The zero-order valence-electron chi connectivity index (χ0n) is 19.3. The molecule has 5 atom stereocenters. The molecule has 5 rings (SSSR count). The van der Waals surface area contributed by atoms with Crippen LogP contribution in [-0.2, 0) is 14.4 Å². The molecule has 2 aromatic carbocycles. The molecule has 2 N–H and O–H groups in total. The molecule has 1 aliphatic carbocycles. The molecule has 2 heterocycles. The van der Waals surface area contributed by atoms with Crippen molar-refractivity contribution in [1.82, 2.24) is 10.2 Å². The summed E-state index contributed by atoms with van der Waals surface area (Å²) < 4.78 is 0. The number of nitrogens with zero attached hydrogens (tertiary/aromatic N) is 1. The van der Waals surface area contributed by atoms with Crippen LogP contribution in [0.5, 0.6) is 0 Å². The summed E-state index contributed by atoms with van der Waals surface area (Å²) in [5.41, 5.74) is -0.585. The SMILES string of the molecule is CCC(C)C1(C(=O)O)NC(c2cccc3ccccc23)C2C(=O)N(C3CCCCC3)C(=O)C21. The summed E-state index contributed by atoms with van der Waals surface area (Å²) in [7, 11) is 0. The number of carboxylic acids is 1. The first-order valence-corrected chi connectivity index (χ1v) is 12.3. The lowest BCUT2D eigenvalue weighted by Gasteiger charge is -2.37. The van der Waals surface area contributed by atoms with Crippen LogP contribution in [0, 0.1) is 17.8 Å². The Hall–Kier alpha value is -2.73. The Labute approximate surface area is 194 Å². The molecule has 0 bridgehead atoms. The number of imide groups is 1. The van der Waals surface area contributed by atoms with Crippen molar-refractivity contribution in [2.45, 2.75) is 70.0 Å². The van der Waals surface area contributed by atoms with Crippen LogP contribution in [0.1, 0.15) is 64.0 Å². The fourth-order valence-electron chi connectivity index (χ4n) is 6.63. The van der Waals surface area contributed by atoms with Crippen LogP contribution in [-0.4, -0.2) is 39.4 Å². The second-order valence-corrected chi connectivity index (χ2v) is 10.0. The number of hydrogen-bond acceptors (Lipinski definition) is 4. The molecule has 2 saturated heterocycles. The minimum Gasteiger partial charge on any atom is -0.480 e. The zero-order chi connectivity index (χ0) is 23.3. The van der Waals surface area contributed by atoms with Gasteiger partial charge in [0.1, 0.15) is 5.54 Å². The second kappa shape index (κ2) is 8.24. The minimum atomic E-state index is -1.48. The number of benzene rings is 2. The van der Waals surface area contributed by atoms with Crippen LogP contribution < -0.4 is 5.32 Å². The molecule has 2 aromatic rings. The highest BCUT2D eigenvalue weighted by Crippen LogP contribution is 2.53. The summed E-state index contributed by atoms with van der Waals surface area (Å²) in [4.78, 5) is 42.2. The van der Waals surface area contributed by atoms with Gasteiger partial charge in [-0.2, -0.15) is 0 Å². The maximum atomic E-state index is 13.9. The Morgan fingerprint density at radius 2 is 1.79 bits per heavy atom. The van der Waals surface area contributed by atoms with Crippen LogP contribution in [0.3, 0.4) is 0 Å². The van der Waals surface area contributed by atoms with Gasteiger partial charge in [-0.15, -0.1) is 0 Å². The van der Waals surface area contributed by atoms with Gasteiger partial charge in [0.05, 0.1) is 11.8 Å². The third-order valence-electron chi connectivity index (χ3n) is 8.47. The normalized spacial score (nSPS) is 31.2. The molecule has 174 valence electrons. The van der Waals surface area contributed by atoms with E-state index in [0.29, 0.717) is 6.42 Å². The zero-order valence-corrected chi connectivity index (χ0v) is 19.3. The first kappa shape index (κ1) is 22.1. The third-order valence-corrected chi connectivity index (χ3v) is 8.47. The maximum Gasteiger partial charge on any atom is 0.325 e. The van der Waals surface area contributed by atoms with Crippen molar-refractivity contribution in [2.24, 2.45) is 17.8 Å². The smallest absolute Gasteiger partial charge is 0.325 e. The van der Waals surface area contributed by atoms with E-state index in [1.807, 2.05) is 56.3 Å². The van der Waals surface area contributed by atoms with Gasteiger partial charge in [0.25, 0.3) is 0 Å². The van der Waals surface area contributed by atoms with Gasteiger partial charge in [0, 0.05) is 12.1 Å². The average molecular weight is 449 g/mol. The number of amides is 2. The highest BCUT2D eigenvalue weighted by atomic mass is 16.4. The number of carbonyl (C=O) groups excluding carboxylic acids is 2. The first-order chi connectivity index (χ1) is 15.9. The van der Waals surface area contributed by atoms with Gasteiger partial charge >= 0.3 is 5.97 Å². The second-order valence-electron chi connectivity index (χ2n) is 10.0. The maximum absolute atomic E-state index is 13.9. The van der Waals surface area contributed by atoms with E-state index in [0.717, 1.165) is 48.4 Å². The van der Waals surface area contributed by atoms with E-state index in [1.54, 1.807) is 0 Å². The minimum absolute atomic E-state index is 0.110. The molecule has 6 heteroatoms. The van der Waals surface area contributed by atoms with E-state index in [9.17, 15) is 19.5 Å². The molecule has 3 fully saturated rings. The van der Waals surface area contributed by atoms with Crippen molar-refractivity contribution >= 4 is 28.6 Å². The number of likely N-dealkylation sites (tertiary alicyclic amines) is 1. The fourth-order valence-corrected chi connectivity index (χ4v) is 6.63. The molecule has 0 spiro atoms. The average Bonchev–Trinajstić information content (AvgIpc) is 3.33. The highest BCUT2D eigenvalue weighted by molar-refractivity contribution is 6.10. The van der Waals surface area contributed by atoms with Crippen LogP contribution in [0.4, 0.5) is 0 Å². The van der Waals surface area contributed by atoms with Crippen LogP contribution in [0.15, 0.2) is 42.5 Å². The molecule has 3 aliphatic rings. The lowest BCUT2D eigenvalue weighted by Crippen LogP contribution is -2.60. The predicted octanol–water partition coefficient (Wildman–Crippen LogP) is 4.29. The highest BCUT2D eigenvalue weighted by Gasteiger charge is 2.70. The molecule has 5 unspecified atom stereocenters. The number of carbonyl (C=O) groups is 3. The summed E-state index contributed by atoms with van der Waals surface area (Å²) in [6.45, 7) is 3.82. The first-order valence-electron chi connectivity index (χ1n) is 12.3. The Kier molecular flexibility index (Phi) is 5.52. The van der Waals surface area contributed by atoms with Crippen LogP contribution in [0.25, 0.3) is 10.8 Å². The summed E-state index contributed by atoms with van der Waals surface area (Å²) in [6, 6.07) is 13.2. The number of rotatable bonds is 5. The number of carboxylic acid groups (broad SMARTS) is 1. The third kappa shape index (κ3) is 3.14. The van der Waals surface area contributed by atoms with Crippen molar-refractivity contribution in [1.29, 1.82) is 0 Å². The van der Waals surface area contributed by atoms with E-state index in [1.165, 1.54) is 4.90 Å². The van der Waals surface area contributed by atoms with Crippen LogP contribution >= 0.6 is 0 Å². The largest absolute Gasteiger partial charge is 0.480 e. The predicted molar refractivity (Wildman–Crippen MR) is 125 cm³/mol. The molecule has 1 saturated carbocycles. The molecule has 6 nitrogen and oxygen atoms in total. The number of aliphatic carboxylic acids is 1. The Morgan fingerprint density at radius 3 is 2.48 bits per heavy atom. The molecular weight excluding hydrogens is 416 g/mol. The Bertz CT molecular complexity index is 1100. The molecule has 0 aromatic heterocycles. The summed E-state index contributed by atoms with van der Waals surface area (Å²) in [5.74, 6) is -3.46. The van der Waals surface area contributed by atoms with E-state index < -0.39 is 29.4 Å². The standard InChI is InChI=1S/C27H32N2O4/c1-3-16(2)27(26(32)33)22-21(24(30)29(25(22)31)18-12-5-4-6-13-18)23(28-27)20-15-9-11-17-10-7-8-14-19(17)20/h7-11,14-16,18,21-23,28H,3-6,12-13H2,1-2H3,(H,32,33). The van der Waals surface area contributed by atoms with Crippen molar-refractivity contribution in [3.8, 4) is 0 Å². The summed E-state index contributed by atoms with van der Waals surface area (Å²) in [6.07, 6.45) is 5.33. The van der Waals surface area contributed by atoms with Gasteiger partial charge < -0.3 is 5.11 Å². The lowest BCUT2D eigenvalue weighted by molar-refractivity contribution is -0.155. The number of hydrogen-bond donors (Lipinski definition) is 2. The van der Waals surface area contributed by atoms with Gasteiger partial charge in [-0.1, -0.05) is 82.0 Å². The Morgan fingerprint density at radius 1 is 1.09 bits per heavy atom. The summed E-state index contributed by atoms with van der Waals surface area (Å²) in [5, 5.41) is 15.9. The van der Waals surface area contributed by atoms with Gasteiger partial charge in [0.15, 0.2) is 0 Å². The monoisotopic (exact) mass is 448 g/mol. The summed E-state index contributed by atoms with van der Waals surface area (Å²) >= 11 is 0. The van der Waals surface area contributed by atoms with E-state index >= 15 is 0 Å². The van der Waals surface area contributed by atoms with Gasteiger partial charge in [-0.3, -0.25) is 24.6 Å². The topological polar surface area (TPSA) is 86.7 Å². The van der Waals surface area contributed by atoms with Crippen molar-refractivity contribution in [3.63, 3.8) is 0 Å². The van der Waals surface area contributed by atoms with Crippen LogP contribution in [0.2, 0.25) is 0 Å². The number of nitrogens with one attached hydrogen (secondary N) is 1. The molecule has 2 aliphatic heterocycles. The van der Waals surface area contributed by atoms with Gasteiger partial charge in [-0.25, -0.2) is 0 Å². The van der Waals surface area contributed by atoms with Crippen molar-refractivity contribution in [3.05, 3.63) is 48.0 Å². The quantitative estimate of drug-likeness (QED) is 0.667. The molecule has 0 radical (unpaired) electrons. The van der Waals surface area contributed by atoms with E-state index in [4.69, 9.17) is 0 Å². The van der Waals surface area contributed by atoms with Gasteiger partial charge in [0.2, 0.25) is 11.8 Å². The lowest BCUT2D eigenvalue weighted by atomic mass is 9.71. The van der Waals surface area contributed by atoms with Crippen molar-refractivity contribution < 1.29 is 19.5 Å². The molecule has 33 heavy (non-hydrogen) atoms. The Balaban J connectivity index is 1.68. The van der Waals surface area contributed by atoms with E-state index in [-0.39, 0.29) is 23.8 Å². The van der Waals surface area contributed by atoms with Crippen molar-refractivity contribution in [2.75, 3.05) is 0 Å².